The van der Waals surface area contributed by atoms with E-state index in [4.69, 9.17) is 0 Å². The molecule has 0 radical (unpaired) electrons. The van der Waals surface area contributed by atoms with Crippen molar-refractivity contribution < 1.29 is 19.5 Å². The number of carbonyl (C=O) groups is 3. The number of carbonyl (C=O) groups excluding carboxylic acids is 2. The van der Waals surface area contributed by atoms with Gasteiger partial charge in [-0.2, -0.15) is 0 Å². The van der Waals surface area contributed by atoms with Crippen molar-refractivity contribution in [3.63, 3.8) is 0 Å². The number of carboxylic acid groups (broad SMARTS) is 1. The fraction of sp³-hybridized carbons (Fsp3) is 0.562. The third kappa shape index (κ3) is 4.79. The van der Waals surface area contributed by atoms with Crippen molar-refractivity contribution in [3.8, 4) is 0 Å². The first-order valence-corrected chi connectivity index (χ1v) is 8.68. The van der Waals surface area contributed by atoms with Crippen LogP contribution in [0.1, 0.15) is 41.8 Å². The molecule has 1 heterocycles. The molecule has 1 aromatic rings. The van der Waals surface area contributed by atoms with E-state index in [1.54, 1.807) is 19.2 Å². The maximum absolute atomic E-state index is 12.2. The number of nitrogens with zero attached hydrogens (tertiary/aromatic N) is 1. The average Bonchev–Trinajstić information content (AvgIpc) is 2.93. The van der Waals surface area contributed by atoms with Gasteiger partial charge in [0.2, 0.25) is 5.91 Å². The molecule has 2 N–H and O–H groups in total. The molecule has 2 rings (SSSR count). The minimum Gasteiger partial charge on any atom is -0.481 e. The first-order valence-electron chi connectivity index (χ1n) is 7.80. The molecule has 1 saturated carbocycles. The monoisotopic (exact) mass is 338 g/mol. The summed E-state index contributed by atoms with van der Waals surface area (Å²) in [4.78, 5) is 37.6. The van der Waals surface area contributed by atoms with E-state index in [-0.39, 0.29) is 24.4 Å². The smallest absolute Gasteiger partial charge is 0.308 e. The molecule has 0 spiro atoms. The normalized spacial score (nSPS) is 21.3. The summed E-state index contributed by atoms with van der Waals surface area (Å²) < 4.78 is 0. The number of hydrogen-bond donors (Lipinski definition) is 2. The van der Waals surface area contributed by atoms with Crippen molar-refractivity contribution in [2.24, 2.45) is 5.92 Å². The van der Waals surface area contributed by atoms with Gasteiger partial charge in [-0.3, -0.25) is 14.4 Å². The fourth-order valence-corrected chi connectivity index (χ4v) is 3.62. The quantitative estimate of drug-likeness (QED) is 0.804. The van der Waals surface area contributed by atoms with E-state index in [2.05, 4.69) is 5.32 Å². The van der Waals surface area contributed by atoms with E-state index in [1.165, 1.54) is 16.2 Å². The van der Waals surface area contributed by atoms with E-state index in [9.17, 15) is 19.5 Å². The van der Waals surface area contributed by atoms with Crippen molar-refractivity contribution in [3.05, 3.63) is 22.4 Å². The standard InChI is InChI=1S/C16H22N2O4S/c1-18(15(20)13-8-5-9-23-13)10-14(19)17-12-7-4-2-3-6-11(12)16(21)22/h5,8-9,11-12H,2-4,6-7,10H2,1H3,(H,17,19)(H,21,22)/t11-,12+/m1/s1. The summed E-state index contributed by atoms with van der Waals surface area (Å²) in [6, 6.07) is 3.15. The zero-order chi connectivity index (χ0) is 16.8. The second-order valence-corrected chi connectivity index (χ2v) is 6.84. The van der Waals surface area contributed by atoms with Gasteiger partial charge in [-0.1, -0.05) is 25.3 Å². The lowest BCUT2D eigenvalue weighted by atomic mass is 9.95. The van der Waals surface area contributed by atoms with E-state index >= 15 is 0 Å². The van der Waals surface area contributed by atoms with Crippen molar-refractivity contribution in [2.45, 2.75) is 38.1 Å². The molecule has 6 nitrogen and oxygen atoms in total. The number of carboxylic acids is 1. The Morgan fingerprint density at radius 2 is 2.04 bits per heavy atom. The lowest BCUT2D eigenvalue weighted by Gasteiger charge is -2.24. The van der Waals surface area contributed by atoms with Crippen LogP contribution in [-0.4, -0.2) is 47.4 Å². The zero-order valence-electron chi connectivity index (χ0n) is 13.2. The fourth-order valence-electron chi connectivity index (χ4n) is 2.90. The minimum absolute atomic E-state index is 0.0699. The molecule has 0 saturated heterocycles. The summed E-state index contributed by atoms with van der Waals surface area (Å²) in [7, 11) is 1.57. The molecule has 2 amide bonds. The Bertz CT molecular complexity index is 558. The minimum atomic E-state index is -0.861. The molecule has 2 atom stereocenters. The van der Waals surface area contributed by atoms with Gasteiger partial charge in [0.25, 0.3) is 5.91 Å². The predicted octanol–water partition coefficient (Wildman–Crippen LogP) is 1.97. The highest BCUT2D eigenvalue weighted by Gasteiger charge is 2.31. The van der Waals surface area contributed by atoms with Crippen LogP contribution in [0, 0.1) is 5.92 Å². The number of rotatable bonds is 5. The second kappa shape index (κ2) is 8.10. The van der Waals surface area contributed by atoms with Crippen LogP contribution < -0.4 is 5.32 Å². The third-order valence-electron chi connectivity index (χ3n) is 4.14. The summed E-state index contributed by atoms with van der Waals surface area (Å²) >= 11 is 1.33. The van der Waals surface area contributed by atoms with Crippen LogP contribution >= 0.6 is 11.3 Å². The first-order chi connectivity index (χ1) is 11.0. The Kier molecular flexibility index (Phi) is 6.15. The molecule has 0 aliphatic heterocycles. The Labute approximate surface area is 139 Å². The molecular weight excluding hydrogens is 316 g/mol. The van der Waals surface area contributed by atoms with Crippen LogP contribution in [0.5, 0.6) is 0 Å². The average molecular weight is 338 g/mol. The van der Waals surface area contributed by atoms with Gasteiger partial charge >= 0.3 is 5.97 Å². The molecule has 1 fully saturated rings. The Morgan fingerprint density at radius 1 is 1.30 bits per heavy atom. The number of nitrogens with one attached hydrogen (secondary N) is 1. The summed E-state index contributed by atoms with van der Waals surface area (Å²) in [6.45, 7) is -0.0699. The SMILES string of the molecule is CN(CC(=O)N[C@H]1CCCCC[C@H]1C(=O)O)C(=O)c1cccs1. The summed E-state index contributed by atoms with van der Waals surface area (Å²) in [5.41, 5.74) is 0. The lowest BCUT2D eigenvalue weighted by molar-refractivity contribution is -0.143. The summed E-state index contributed by atoms with van der Waals surface area (Å²) in [5, 5.41) is 13.9. The molecule has 0 bridgehead atoms. The highest BCUT2D eigenvalue weighted by molar-refractivity contribution is 7.12. The summed E-state index contributed by atoms with van der Waals surface area (Å²) in [6.07, 6.45) is 4.04. The van der Waals surface area contributed by atoms with Gasteiger partial charge in [-0.05, 0) is 24.3 Å². The third-order valence-corrected chi connectivity index (χ3v) is 5.00. The number of amides is 2. The molecule has 0 aromatic carbocycles. The van der Waals surface area contributed by atoms with Crippen LogP contribution in [0.15, 0.2) is 17.5 Å². The summed E-state index contributed by atoms with van der Waals surface area (Å²) in [5.74, 6) is -1.92. The highest BCUT2D eigenvalue weighted by Crippen LogP contribution is 2.23. The molecule has 1 aliphatic rings. The Hall–Kier alpha value is -1.89. The maximum atomic E-state index is 12.2. The Morgan fingerprint density at radius 3 is 2.70 bits per heavy atom. The number of aliphatic carboxylic acids is 1. The first kappa shape index (κ1) is 17.5. The van der Waals surface area contributed by atoms with Gasteiger partial charge in [0.1, 0.15) is 0 Å². The molecule has 1 aliphatic carbocycles. The molecule has 7 heteroatoms. The van der Waals surface area contributed by atoms with E-state index in [1.807, 2.05) is 5.38 Å². The van der Waals surface area contributed by atoms with Crippen LogP contribution in [0.2, 0.25) is 0 Å². The van der Waals surface area contributed by atoms with Gasteiger partial charge in [-0.15, -0.1) is 11.3 Å². The van der Waals surface area contributed by atoms with E-state index < -0.39 is 11.9 Å². The van der Waals surface area contributed by atoms with Gasteiger partial charge in [-0.25, -0.2) is 0 Å². The predicted molar refractivity (Wildman–Crippen MR) is 87.4 cm³/mol. The maximum Gasteiger partial charge on any atom is 0.308 e. The lowest BCUT2D eigenvalue weighted by Crippen LogP contribution is -2.47. The highest BCUT2D eigenvalue weighted by atomic mass is 32.1. The number of likely N-dealkylation sites (N-methyl/N-ethyl adjacent to an activating group) is 1. The van der Waals surface area contributed by atoms with Crippen molar-refractivity contribution in [1.29, 1.82) is 0 Å². The van der Waals surface area contributed by atoms with Crippen LogP contribution in [0.25, 0.3) is 0 Å². The number of hydrogen-bond acceptors (Lipinski definition) is 4. The molecular formula is C16H22N2O4S. The van der Waals surface area contributed by atoms with Crippen molar-refractivity contribution in [2.75, 3.05) is 13.6 Å². The van der Waals surface area contributed by atoms with Crippen molar-refractivity contribution >= 4 is 29.1 Å². The second-order valence-electron chi connectivity index (χ2n) is 5.90. The Balaban J connectivity index is 1.92. The molecule has 1 aromatic heterocycles. The van der Waals surface area contributed by atoms with Gasteiger partial charge in [0.05, 0.1) is 17.3 Å². The van der Waals surface area contributed by atoms with E-state index in [0.29, 0.717) is 17.7 Å². The molecule has 23 heavy (non-hydrogen) atoms. The topological polar surface area (TPSA) is 86.7 Å². The van der Waals surface area contributed by atoms with Gasteiger partial charge in [0.15, 0.2) is 0 Å². The zero-order valence-corrected chi connectivity index (χ0v) is 14.0. The largest absolute Gasteiger partial charge is 0.481 e. The van der Waals surface area contributed by atoms with Crippen LogP contribution in [0.4, 0.5) is 0 Å². The van der Waals surface area contributed by atoms with Gasteiger partial charge in [0, 0.05) is 13.1 Å². The number of thiophene rings is 1. The van der Waals surface area contributed by atoms with Gasteiger partial charge < -0.3 is 15.3 Å². The van der Waals surface area contributed by atoms with Crippen molar-refractivity contribution in [1.82, 2.24) is 10.2 Å². The van der Waals surface area contributed by atoms with Crippen LogP contribution in [-0.2, 0) is 9.59 Å². The van der Waals surface area contributed by atoms with E-state index in [0.717, 1.165) is 19.3 Å². The molecule has 126 valence electrons. The molecule has 0 unspecified atom stereocenters. The van der Waals surface area contributed by atoms with Crippen LogP contribution in [0.3, 0.4) is 0 Å².